The summed E-state index contributed by atoms with van der Waals surface area (Å²) in [5.41, 5.74) is 1.74. The van der Waals surface area contributed by atoms with Crippen molar-refractivity contribution in [2.45, 2.75) is 31.3 Å². The van der Waals surface area contributed by atoms with Crippen molar-refractivity contribution in [2.24, 2.45) is 0 Å². The standard InChI is InChI=1S/C18H25N3O6S/c1-11(12-4-6-13(7-5-12)21(2)3)16(8-19)28(25,26)20-14-10-27-15(9-22)18(24)17(14)23/h4-7,14-15,17-18,20,22-24H,9-10H2,1-3H3/b16-11+/t14-,15+,17+,18+/m0/s1. The van der Waals surface area contributed by atoms with E-state index >= 15 is 0 Å². The van der Waals surface area contributed by atoms with Crippen molar-refractivity contribution >= 4 is 21.3 Å². The molecule has 154 valence electrons. The first kappa shape index (κ1) is 22.3. The van der Waals surface area contributed by atoms with Gasteiger partial charge in [-0.25, -0.2) is 13.1 Å². The molecule has 0 unspecified atom stereocenters. The van der Waals surface area contributed by atoms with Gasteiger partial charge in [0.2, 0.25) is 0 Å². The average Bonchev–Trinajstić information content (AvgIpc) is 2.66. The maximum atomic E-state index is 12.7. The smallest absolute Gasteiger partial charge is 0.251 e. The molecule has 1 aromatic carbocycles. The molecule has 1 aliphatic heterocycles. The molecule has 0 amide bonds. The first-order chi connectivity index (χ1) is 13.1. The SMILES string of the molecule is C/C(=C(/C#N)S(=O)(=O)N[C@H]1CO[C@H](CO)[C@@H](O)[C@@H]1O)c1ccc(N(C)C)cc1. The summed E-state index contributed by atoms with van der Waals surface area (Å²) < 4.78 is 32.8. The van der Waals surface area contributed by atoms with Crippen molar-refractivity contribution in [3.05, 3.63) is 34.7 Å². The number of allylic oxidation sites excluding steroid dienone is 2. The van der Waals surface area contributed by atoms with Crippen molar-refractivity contribution in [1.82, 2.24) is 4.72 Å². The normalized spacial score (nSPS) is 26.3. The number of aliphatic hydroxyl groups excluding tert-OH is 3. The quantitative estimate of drug-likeness (QED) is 0.455. The van der Waals surface area contributed by atoms with Crippen LogP contribution in [0.2, 0.25) is 0 Å². The molecule has 0 bridgehead atoms. The van der Waals surface area contributed by atoms with E-state index in [-0.39, 0.29) is 12.2 Å². The fourth-order valence-electron chi connectivity index (χ4n) is 2.89. The number of sulfonamides is 1. The van der Waals surface area contributed by atoms with E-state index in [9.17, 15) is 23.9 Å². The van der Waals surface area contributed by atoms with E-state index < -0.39 is 45.9 Å². The summed E-state index contributed by atoms with van der Waals surface area (Å²) in [5, 5.41) is 38.6. The number of benzene rings is 1. The first-order valence-electron chi connectivity index (χ1n) is 8.62. The fourth-order valence-corrected chi connectivity index (χ4v) is 4.26. The molecular weight excluding hydrogens is 386 g/mol. The van der Waals surface area contributed by atoms with Gasteiger partial charge in [-0.2, -0.15) is 5.26 Å². The lowest BCUT2D eigenvalue weighted by molar-refractivity contribution is -0.158. The van der Waals surface area contributed by atoms with Gasteiger partial charge in [-0.15, -0.1) is 0 Å². The van der Waals surface area contributed by atoms with E-state index in [1.165, 1.54) is 6.92 Å². The molecule has 0 spiro atoms. The second kappa shape index (κ2) is 9.00. The predicted molar refractivity (Wildman–Crippen MR) is 104 cm³/mol. The van der Waals surface area contributed by atoms with Gasteiger partial charge in [0.25, 0.3) is 10.0 Å². The number of rotatable bonds is 6. The molecule has 28 heavy (non-hydrogen) atoms. The van der Waals surface area contributed by atoms with E-state index in [0.717, 1.165) is 5.69 Å². The number of anilines is 1. The zero-order valence-electron chi connectivity index (χ0n) is 15.9. The van der Waals surface area contributed by atoms with Gasteiger partial charge in [0, 0.05) is 19.8 Å². The number of ether oxygens (including phenoxy) is 1. The zero-order chi connectivity index (χ0) is 21.1. The topological polar surface area (TPSA) is 143 Å². The number of aliphatic hydroxyl groups is 3. The number of hydrogen-bond acceptors (Lipinski definition) is 8. The van der Waals surface area contributed by atoms with Gasteiger partial charge >= 0.3 is 0 Å². The van der Waals surface area contributed by atoms with Gasteiger partial charge in [0.15, 0.2) is 4.91 Å². The minimum atomic E-state index is -4.28. The molecule has 0 aromatic heterocycles. The number of nitrogens with one attached hydrogen (secondary N) is 1. The molecule has 4 N–H and O–H groups in total. The second-order valence-corrected chi connectivity index (χ2v) is 8.42. The van der Waals surface area contributed by atoms with Crippen LogP contribution in [-0.4, -0.2) is 75.4 Å². The molecule has 1 saturated heterocycles. The van der Waals surface area contributed by atoms with Crippen molar-refractivity contribution in [2.75, 3.05) is 32.2 Å². The predicted octanol–water partition coefficient (Wildman–Crippen LogP) is -0.592. The fraction of sp³-hybridized carbons (Fsp3) is 0.500. The van der Waals surface area contributed by atoms with Gasteiger partial charge in [0.1, 0.15) is 24.4 Å². The molecule has 1 aromatic rings. The summed E-state index contributed by atoms with van der Waals surface area (Å²) in [6.07, 6.45) is -3.94. The number of hydrogen-bond donors (Lipinski definition) is 4. The molecule has 0 aliphatic carbocycles. The van der Waals surface area contributed by atoms with Crippen molar-refractivity contribution < 1.29 is 28.5 Å². The highest BCUT2D eigenvalue weighted by Gasteiger charge is 2.40. The molecule has 4 atom stereocenters. The van der Waals surface area contributed by atoms with Gasteiger partial charge < -0.3 is 25.0 Å². The highest BCUT2D eigenvalue weighted by atomic mass is 32.2. The van der Waals surface area contributed by atoms with E-state index in [2.05, 4.69) is 4.72 Å². The van der Waals surface area contributed by atoms with Crippen LogP contribution in [0.1, 0.15) is 12.5 Å². The van der Waals surface area contributed by atoms with Crippen LogP contribution >= 0.6 is 0 Å². The maximum Gasteiger partial charge on any atom is 0.251 e. The summed E-state index contributed by atoms with van der Waals surface area (Å²) in [6, 6.07) is 7.59. The van der Waals surface area contributed by atoms with Crippen molar-refractivity contribution in [1.29, 1.82) is 5.26 Å². The molecule has 9 nitrogen and oxygen atoms in total. The summed E-state index contributed by atoms with van der Waals surface area (Å²) in [7, 11) is -0.532. The summed E-state index contributed by atoms with van der Waals surface area (Å²) >= 11 is 0. The Kier molecular flexibility index (Phi) is 7.16. The Morgan fingerprint density at radius 3 is 2.39 bits per heavy atom. The lowest BCUT2D eigenvalue weighted by atomic mass is 9.99. The third-order valence-electron chi connectivity index (χ3n) is 4.65. The van der Waals surface area contributed by atoms with Crippen LogP contribution in [0.25, 0.3) is 5.57 Å². The van der Waals surface area contributed by atoms with Crippen molar-refractivity contribution in [3.8, 4) is 6.07 Å². The van der Waals surface area contributed by atoms with E-state index in [1.54, 1.807) is 30.3 Å². The van der Waals surface area contributed by atoms with E-state index in [1.807, 2.05) is 19.0 Å². The first-order valence-corrected chi connectivity index (χ1v) is 10.1. The molecule has 0 saturated carbocycles. The summed E-state index contributed by atoms with van der Waals surface area (Å²) in [4.78, 5) is 1.40. The van der Waals surface area contributed by atoms with E-state index in [4.69, 9.17) is 9.84 Å². The molecule has 1 heterocycles. The van der Waals surface area contributed by atoms with Gasteiger partial charge in [-0.05, 0) is 30.2 Å². The van der Waals surface area contributed by atoms with Crippen LogP contribution in [0.4, 0.5) is 5.69 Å². The van der Waals surface area contributed by atoms with Crippen molar-refractivity contribution in [3.63, 3.8) is 0 Å². The Morgan fingerprint density at radius 1 is 1.29 bits per heavy atom. The van der Waals surface area contributed by atoms with Gasteiger partial charge in [-0.3, -0.25) is 0 Å². The molecule has 2 rings (SSSR count). The third-order valence-corrected chi connectivity index (χ3v) is 6.19. The monoisotopic (exact) mass is 411 g/mol. The van der Waals surface area contributed by atoms with E-state index in [0.29, 0.717) is 5.56 Å². The third kappa shape index (κ3) is 4.70. The average molecular weight is 411 g/mol. The van der Waals surface area contributed by atoms with Crippen LogP contribution in [0, 0.1) is 11.3 Å². The Labute approximate surface area is 164 Å². The summed E-state index contributed by atoms with van der Waals surface area (Å²) in [6.45, 7) is 0.758. The lowest BCUT2D eigenvalue weighted by Gasteiger charge is -2.36. The molecular formula is C18H25N3O6S. The largest absolute Gasteiger partial charge is 0.394 e. The number of nitrogens with zero attached hydrogens (tertiary/aromatic N) is 2. The second-order valence-electron chi connectivity index (χ2n) is 6.77. The Bertz CT molecular complexity index is 860. The van der Waals surface area contributed by atoms with Crippen LogP contribution < -0.4 is 9.62 Å². The Balaban J connectivity index is 2.29. The summed E-state index contributed by atoms with van der Waals surface area (Å²) in [5.74, 6) is 0. The Hall–Kier alpha value is -2.00. The van der Waals surface area contributed by atoms with Gasteiger partial charge in [0.05, 0.1) is 19.3 Å². The maximum absolute atomic E-state index is 12.7. The molecule has 1 fully saturated rings. The number of nitriles is 1. The molecule has 0 radical (unpaired) electrons. The minimum absolute atomic E-state index is 0.250. The van der Waals surface area contributed by atoms with Crippen LogP contribution in [-0.2, 0) is 14.8 Å². The van der Waals surface area contributed by atoms with Crippen LogP contribution in [0.5, 0.6) is 0 Å². The highest BCUT2D eigenvalue weighted by Crippen LogP contribution is 2.25. The zero-order valence-corrected chi connectivity index (χ0v) is 16.7. The lowest BCUT2D eigenvalue weighted by Crippen LogP contribution is -2.59. The molecule has 10 heteroatoms. The van der Waals surface area contributed by atoms with Crippen LogP contribution in [0.15, 0.2) is 29.2 Å². The van der Waals surface area contributed by atoms with Crippen LogP contribution in [0.3, 0.4) is 0 Å². The minimum Gasteiger partial charge on any atom is -0.394 e. The molecule has 1 aliphatic rings. The van der Waals surface area contributed by atoms with Gasteiger partial charge in [-0.1, -0.05) is 12.1 Å². The Morgan fingerprint density at radius 2 is 1.89 bits per heavy atom. The highest BCUT2D eigenvalue weighted by molar-refractivity contribution is 7.93.